The van der Waals surface area contributed by atoms with Crippen LogP contribution in [-0.2, 0) is 14.3 Å². The first-order valence-corrected chi connectivity index (χ1v) is 13.5. The predicted molar refractivity (Wildman–Crippen MR) is 142 cm³/mol. The molecule has 0 radical (unpaired) electrons. The first-order chi connectivity index (χ1) is 16.9. The number of carbonyl (C=O) groups is 3. The van der Waals surface area contributed by atoms with Crippen molar-refractivity contribution < 1.29 is 24.2 Å². The molecule has 0 spiro atoms. The van der Waals surface area contributed by atoms with E-state index >= 15 is 0 Å². The van der Waals surface area contributed by atoms with E-state index in [1.165, 1.54) is 10.5 Å². The van der Waals surface area contributed by atoms with Gasteiger partial charge in [-0.1, -0.05) is 37.3 Å². The summed E-state index contributed by atoms with van der Waals surface area (Å²) < 4.78 is 5.41. The summed E-state index contributed by atoms with van der Waals surface area (Å²) in [6.45, 7) is 13.7. The normalized spacial score (nSPS) is 21.2. The van der Waals surface area contributed by atoms with E-state index in [0.29, 0.717) is 44.0 Å². The van der Waals surface area contributed by atoms with E-state index in [2.05, 4.69) is 24.8 Å². The lowest BCUT2D eigenvalue weighted by Crippen LogP contribution is -2.55. The molecule has 1 aromatic heterocycles. The molecule has 8 heteroatoms. The lowest BCUT2D eigenvalue weighted by molar-refractivity contribution is -0.139. The molecular formula is C28H38N2O5S. The maximum absolute atomic E-state index is 14.2. The molecule has 7 nitrogen and oxygen atoms in total. The monoisotopic (exact) mass is 514 g/mol. The van der Waals surface area contributed by atoms with Gasteiger partial charge in [0, 0.05) is 24.4 Å². The van der Waals surface area contributed by atoms with E-state index in [1.807, 2.05) is 34.6 Å². The maximum Gasteiger partial charge on any atom is 0.348 e. The highest BCUT2D eigenvalue weighted by Crippen LogP contribution is 2.37. The van der Waals surface area contributed by atoms with E-state index in [9.17, 15) is 19.5 Å². The van der Waals surface area contributed by atoms with Crippen LogP contribution in [0.2, 0.25) is 0 Å². The minimum atomic E-state index is -1.13. The summed E-state index contributed by atoms with van der Waals surface area (Å²) in [6.07, 6.45) is 3.83. The zero-order valence-electron chi connectivity index (χ0n) is 22.2. The smallest absolute Gasteiger partial charge is 0.348 e. The molecule has 3 rings (SSSR count). The van der Waals surface area contributed by atoms with Gasteiger partial charge >= 0.3 is 5.97 Å². The molecule has 1 N–H and O–H groups in total. The molecule has 196 valence electrons. The molecule has 36 heavy (non-hydrogen) atoms. The molecule has 2 amide bonds. The molecule has 0 saturated carbocycles. The molecule has 3 atom stereocenters. The number of carboxylic acid groups (broad SMARTS) is 1. The third kappa shape index (κ3) is 6.57. The summed E-state index contributed by atoms with van der Waals surface area (Å²) in [6, 6.07) is 0.875. The first kappa shape index (κ1) is 27.9. The van der Waals surface area contributed by atoms with Crippen molar-refractivity contribution in [1.29, 1.82) is 0 Å². The molecule has 0 bridgehead atoms. The predicted octanol–water partition coefficient (Wildman–Crippen LogP) is 4.81. The van der Waals surface area contributed by atoms with Crippen LogP contribution in [0.5, 0.6) is 0 Å². The van der Waals surface area contributed by atoms with E-state index in [-0.39, 0.29) is 39.6 Å². The first-order valence-electron chi connectivity index (χ1n) is 12.7. The van der Waals surface area contributed by atoms with Crippen molar-refractivity contribution in [2.45, 2.75) is 66.8 Å². The molecule has 2 heterocycles. The van der Waals surface area contributed by atoms with Crippen LogP contribution >= 0.6 is 11.3 Å². The average Bonchev–Trinajstić information content (AvgIpc) is 3.24. The maximum atomic E-state index is 14.2. The Bertz CT molecular complexity index is 1080. The Hall–Kier alpha value is -2.63. The number of hydrogen-bond acceptors (Lipinski definition) is 5. The highest BCUT2D eigenvalue weighted by molar-refractivity contribution is 7.15. The van der Waals surface area contributed by atoms with Crippen molar-refractivity contribution >= 4 is 34.8 Å². The number of amides is 2. The van der Waals surface area contributed by atoms with E-state index in [4.69, 9.17) is 4.74 Å². The zero-order chi connectivity index (χ0) is 26.6. The largest absolute Gasteiger partial charge is 0.477 e. The van der Waals surface area contributed by atoms with Crippen LogP contribution in [0.1, 0.15) is 75.4 Å². The number of anilines is 1. The Morgan fingerprint density at radius 1 is 1.28 bits per heavy atom. The van der Waals surface area contributed by atoms with Crippen LogP contribution in [0, 0.1) is 29.1 Å². The Kier molecular flexibility index (Phi) is 9.02. The van der Waals surface area contributed by atoms with Gasteiger partial charge in [-0.3, -0.25) is 14.5 Å². The van der Waals surface area contributed by atoms with Crippen molar-refractivity contribution in [2.24, 2.45) is 17.3 Å². The number of thiophene rings is 1. The summed E-state index contributed by atoms with van der Waals surface area (Å²) in [4.78, 5) is 44.0. The summed E-state index contributed by atoms with van der Waals surface area (Å²) >= 11 is 1.05. The molecular weight excluding hydrogens is 476 g/mol. The quantitative estimate of drug-likeness (QED) is 0.435. The van der Waals surface area contributed by atoms with Gasteiger partial charge in [0.2, 0.25) is 11.8 Å². The summed E-state index contributed by atoms with van der Waals surface area (Å²) in [5.41, 5.74) is 1.25. The fourth-order valence-corrected chi connectivity index (χ4v) is 5.59. The number of aromatic carboxylic acids is 1. The lowest BCUT2D eigenvalue weighted by atomic mass is 9.80. The van der Waals surface area contributed by atoms with Crippen LogP contribution in [0.15, 0.2) is 17.7 Å². The standard InChI is InChI=1S/C28H38N2O5S/c1-7-22(26(32)29-12-14-35-15-13-29)30(25(31)21-9-8-18(2)16-19(21)3)23-17-20(10-11-28(4,5)6)36-24(23)27(33)34/h8,17,19,21-22H,7,9,12-16H2,1-6H3,(H,33,34)/t19-,21-,22-/m0/s1. The third-order valence-electron chi connectivity index (χ3n) is 6.64. The third-order valence-corrected chi connectivity index (χ3v) is 7.67. The number of rotatable bonds is 6. The minimum absolute atomic E-state index is 0.0324. The summed E-state index contributed by atoms with van der Waals surface area (Å²) in [5.74, 6) is 4.49. The van der Waals surface area contributed by atoms with E-state index in [0.717, 1.165) is 17.8 Å². The van der Waals surface area contributed by atoms with Gasteiger partial charge in [-0.05, 0) is 58.9 Å². The van der Waals surface area contributed by atoms with Crippen molar-refractivity contribution in [3.8, 4) is 11.8 Å². The average molecular weight is 515 g/mol. The minimum Gasteiger partial charge on any atom is -0.477 e. The summed E-state index contributed by atoms with van der Waals surface area (Å²) in [7, 11) is 0. The van der Waals surface area contributed by atoms with Crippen molar-refractivity contribution in [3.63, 3.8) is 0 Å². The van der Waals surface area contributed by atoms with Gasteiger partial charge in [0.1, 0.15) is 10.9 Å². The number of morpholine rings is 1. The van der Waals surface area contributed by atoms with Gasteiger partial charge in [0.05, 0.1) is 23.8 Å². The number of ether oxygens (including phenoxy) is 1. The van der Waals surface area contributed by atoms with E-state index in [1.54, 1.807) is 11.0 Å². The second-order valence-corrected chi connectivity index (χ2v) is 11.8. The van der Waals surface area contributed by atoms with Crippen molar-refractivity contribution in [1.82, 2.24) is 4.90 Å². The highest BCUT2D eigenvalue weighted by atomic mass is 32.1. The molecule has 1 aliphatic carbocycles. The van der Waals surface area contributed by atoms with Crippen LogP contribution in [0.3, 0.4) is 0 Å². The van der Waals surface area contributed by atoms with Crippen LogP contribution in [0.25, 0.3) is 0 Å². The van der Waals surface area contributed by atoms with Crippen molar-refractivity contribution in [3.05, 3.63) is 27.5 Å². The molecule has 1 aromatic rings. The Labute approximate surface area is 218 Å². The van der Waals surface area contributed by atoms with Gasteiger partial charge in [0.25, 0.3) is 0 Å². The lowest BCUT2D eigenvalue weighted by Gasteiger charge is -2.38. The number of nitrogens with zero attached hydrogens (tertiary/aromatic N) is 2. The highest BCUT2D eigenvalue weighted by Gasteiger charge is 2.40. The molecule has 0 unspecified atom stereocenters. The SMILES string of the molecule is CC[C@@H](C(=O)N1CCOCC1)N(C(=O)[C@H]1CC=C(C)C[C@@H]1C)c1cc(C#CC(C)(C)C)sc1C(=O)O. The van der Waals surface area contributed by atoms with Gasteiger partial charge in [0.15, 0.2) is 0 Å². The Balaban J connectivity index is 2.12. The second-order valence-electron chi connectivity index (χ2n) is 10.8. The number of allylic oxidation sites excluding steroid dienone is 2. The van der Waals surface area contributed by atoms with Gasteiger partial charge in [-0.2, -0.15) is 0 Å². The molecule has 2 aliphatic rings. The summed E-state index contributed by atoms with van der Waals surface area (Å²) in [5, 5.41) is 10.1. The zero-order valence-corrected chi connectivity index (χ0v) is 23.0. The Morgan fingerprint density at radius 3 is 2.50 bits per heavy atom. The topological polar surface area (TPSA) is 87.2 Å². The fourth-order valence-electron chi connectivity index (χ4n) is 4.74. The van der Waals surface area contributed by atoms with Crippen LogP contribution in [0.4, 0.5) is 5.69 Å². The molecule has 1 saturated heterocycles. The number of carbonyl (C=O) groups excluding carboxylic acids is 2. The second kappa shape index (κ2) is 11.6. The van der Waals surface area contributed by atoms with Crippen LogP contribution < -0.4 is 4.90 Å². The molecule has 1 aliphatic heterocycles. The van der Waals surface area contributed by atoms with Gasteiger partial charge in [-0.25, -0.2) is 4.79 Å². The van der Waals surface area contributed by atoms with Gasteiger partial charge in [-0.15, -0.1) is 11.3 Å². The van der Waals surface area contributed by atoms with Crippen molar-refractivity contribution in [2.75, 3.05) is 31.2 Å². The number of carboxylic acids is 1. The number of hydrogen-bond donors (Lipinski definition) is 1. The van der Waals surface area contributed by atoms with E-state index < -0.39 is 12.0 Å². The fraction of sp³-hybridized carbons (Fsp3) is 0.607. The molecule has 0 aromatic carbocycles. The van der Waals surface area contributed by atoms with Gasteiger partial charge < -0.3 is 14.7 Å². The van der Waals surface area contributed by atoms with Crippen LogP contribution in [-0.4, -0.2) is 60.1 Å². The molecule has 1 fully saturated rings. The Morgan fingerprint density at radius 2 is 1.94 bits per heavy atom.